The second-order valence-electron chi connectivity index (χ2n) is 5.33. The van der Waals surface area contributed by atoms with Crippen LogP contribution in [0.15, 0.2) is 16.6 Å². The first-order valence-electron chi connectivity index (χ1n) is 7.32. The van der Waals surface area contributed by atoms with Crippen LogP contribution in [0.4, 0.5) is 5.82 Å². The summed E-state index contributed by atoms with van der Waals surface area (Å²) < 4.78 is 1.09. The first-order valence-corrected chi connectivity index (χ1v) is 8.11. The average Bonchev–Trinajstić information content (AvgIpc) is 2.43. The molecule has 1 unspecified atom stereocenters. The van der Waals surface area contributed by atoms with E-state index in [9.17, 15) is 0 Å². The van der Waals surface area contributed by atoms with Crippen molar-refractivity contribution in [2.45, 2.75) is 45.6 Å². The number of aromatic nitrogens is 1. The van der Waals surface area contributed by atoms with Crippen molar-refractivity contribution in [1.29, 1.82) is 0 Å². The van der Waals surface area contributed by atoms with Crippen molar-refractivity contribution in [3.8, 4) is 0 Å². The number of nitrogens with zero attached hydrogens (tertiary/aromatic N) is 2. The summed E-state index contributed by atoms with van der Waals surface area (Å²) in [6.07, 6.45) is 5.11. The van der Waals surface area contributed by atoms with Crippen LogP contribution in [0.1, 0.15) is 38.3 Å². The molecule has 1 atom stereocenters. The number of pyridine rings is 1. The lowest BCUT2D eigenvalue weighted by Crippen LogP contribution is -2.44. The number of aryl methyl sites for hydroxylation is 1. The SMILES string of the molecule is CCCN(CC1CCCCN1)c1ccc(Br)c(C)n1. The minimum Gasteiger partial charge on any atom is -0.355 e. The maximum absolute atomic E-state index is 4.71. The van der Waals surface area contributed by atoms with Gasteiger partial charge >= 0.3 is 0 Å². The van der Waals surface area contributed by atoms with Crippen LogP contribution in [-0.2, 0) is 0 Å². The number of hydrogen-bond acceptors (Lipinski definition) is 3. The van der Waals surface area contributed by atoms with E-state index in [0.29, 0.717) is 6.04 Å². The van der Waals surface area contributed by atoms with Crippen molar-refractivity contribution >= 4 is 21.7 Å². The zero-order chi connectivity index (χ0) is 13.7. The Morgan fingerprint density at radius 2 is 2.26 bits per heavy atom. The van der Waals surface area contributed by atoms with Gasteiger partial charge < -0.3 is 10.2 Å². The Bertz CT molecular complexity index is 402. The van der Waals surface area contributed by atoms with Crippen molar-refractivity contribution in [3.05, 3.63) is 22.3 Å². The first-order chi connectivity index (χ1) is 9.20. The Kier molecular flexibility index (Phi) is 5.64. The Morgan fingerprint density at radius 3 is 2.89 bits per heavy atom. The Labute approximate surface area is 124 Å². The number of nitrogens with one attached hydrogen (secondary N) is 1. The molecule has 1 aromatic heterocycles. The molecule has 106 valence electrons. The molecular formula is C15H24BrN3. The molecule has 1 fully saturated rings. The van der Waals surface area contributed by atoms with Gasteiger partial charge in [-0.05, 0) is 60.8 Å². The summed E-state index contributed by atoms with van der Waals surface area (Å²) in [4.78, 5) is 7.13. The fourth-order valence-electron chi connectivity index (χ4n) is 2.62. The number of halogens is 1. The molecule has 19 heavy (non-hydrogen) atoms. The molecule has 0 aromatic carbocycles. The van der Waals surface area contributed by atoms with E-state index >= 15 is 0 Å². The smallest absolute Gasteiger partial charge is 0.128 e. The molecule has 1 N–H and O–H groups in total. The second kappa shape index (κ2) is 7.25. The molecule has 0 spiro atoms. The van der Waals surface area contributed by atoms with E-state index in [0.717, 1.165) is 42.0 Å². The molecule has 2 heterocycles. The predicted molar refractivity (Wildman–Crippen MR) is 84.8 cm³/mol. The molecule has 0 radical (unpaired) electrons. The fraction of sp³-hybridized carbons (Fsp3) is 0.667. The summed E-state index contributed by atoms with van der Waals surface area (Å²) in [5.41, 5.74) is 1.07. The third-order valence-electron chi connectivity index (χ3n) is 3.68. The van der Waals surface area contributed by atoms with Gasteiger partial charge in [0.1, 0.15) is 5.82 Å². The minimum absolute atomic E-state index is 0.617. The molecule has 1 saturated heterocycles. The number of hydrogen-bond donors (Lipinski definition) is 1. The molecule has 0 aliphatic carbocycles. The summed E-state index contributed by atoms with van der Waals surface area (Å²) in [7, 11) is 0. The third-order valence-corrected chi connectivity index (χ3v) is 4.52. The third kappa shape index (κ3) is 4.18. The van der Waals surface area contributed by atoms with E-state index in [1.54, 1.807) is 0 Å². The van der Waals surface area contributed by atoms with Crippen LogP contribution < -0.4 is 10.2 Å². The lowest BCUT2D eigenvalue weighted by Gasteiger charge is -2.31. The Morgan fingerprint density at radius 1 is 1.42 bits per heavy atom. The van der Waals surface area contributed by atoms with Gasteiger partial charge in [0.15, 0.2) is 0 Å². The van der Waals surface area contributed by atoms with Crippen molar-refractivity contribution in [1.82, 2.24) is 10.3 Å². The van der Waals surface area contributed by atoms with E-state index in [2.05, 4.69) is 52.1 Å². The van der Waals surface area contributed by atoms with Crippen LogP contribution in [-0.4, -0.2) is 30.7 Å². The van der Waals surface area contributed by atoms with E-state index in [4.69, 9.17) is 4.98 Å². The van der Waals surface area contributed by atoms with E-state index < -0.39 is 0 Å². The van der Waals surface area contributed by atoms with Crippen molar-refractivity contribution in [3.63, 3.8) is 0 Å². The highest BCUT2D eigenvalue weighted by atomic mass is 79.9. The van der Waals surface area contributed by atoms with Gasteiger partial charge in [-0.2, -0.15) is 0 Å². The zero-order valence-corrected chi connectivity index (χ0v) is 13.5. The number of rotatable bonds is 5. The van der Waals surface area contributed by atoms with Crippen LogP contribution in [0.5, 0.6) is 0 Å². The molecule has 1 aromatic rings. The van der Waals surface area contributed by atoms with Gasteiger partial charge in [-0.3, -0.25) is 0 Å². The van der Waals surface area contributed by atoms with Crippen LogP contribution in [0.3, 0.4) is 0 Å². The van der Waals surface area contributed by atoms with Crippen LogP contribution >= 0.6 is 15.9 Å². The molecule has 4 heteroatoms. The van der Waals surface area contributed by atoms with Gasteiger partial charge in [-0.25, -0.2) is 4.98 Å². The highest BCUT2D eigenvalue weighted by molar-refractivity contribution is 9.10. The molecule has 0 amide bonds. The average molecular weight is 326 g/mol. The molecule has 0 saturated carbocycles. The predicted octanol–water partition coefficient (Wildman–Crippen LogP) is 3.51. The lowest BCUT2D eigenvalue weighted by atomic mass is 10.0. The number of anilines is 1. The summed E-state index contributed by atoms with van der Waals surface area (Å²) in [5, 5.41) is 3.63. The zero-order valence-electron chi connectivity index (χ0n) is 12.0. The highest BCUT2D eigenvalue weighted by Crippen LogP contribution is 2.20. The molecule has 1 aliphatic rings. The van der Waals surface area contributed by atoms with E-state index in [1.165, 1.54) is 19.3 Å². The molecule has 0 bridgehead atoms. The lowest BCUT2D eigenvalue weighted by molar-refractivity contribution is 0.398. The van der Waals surface area contributed by atoms with Gasteiger partial charge in [0, 0.05) is 23.6 Å². The van der Waals surface area contributed by atoms with Crippen molar-refractivity contribution in [2.75, 3.05) is 24.5 Å². The number of piperidine rings is 1. The van der Waals surface area contributed by atoms with Crippen molar-refractivity contribution < 1.29 is 0 Å². The van der Waals surface area contributed by atoms with Gasteiger partial charge in [0.2, 0.25) is 0 Å². The summed E-state index contributed by atoms with van der Waals surface area (Å²) >= 11 is 3.52. The van der Waals surface area contributed by atoms with Gasteiger partial charge in [-0.15, -0.1) is 0 Å². The minimum atomic E-state index is 0.617. The summed E-state index contributed by atoms with van der Waals surface area (Å²) in [6, 6.07) is 4.84. The van der Waals surface area contributed by atoms with Crippen LogP contribution in [0.2, 0.25) is 0 Å². The normalized spacial score (nSPS) is 19.4. The molecule has 3 nitrogen and oxygen atoms in total. The van der Waals surface area contributed by atoms with E-state index in [1.807, 2.05) is 0 Å². The van der Waals surface area contributed by atoms with Gasteiger partial charge in [0.25, 0.3) is 0 Å². The Balaban J connectivity index is 2.07. The Hall–Kier alpha value is -0.610. The van der Waals surface area contributed by atoms with Gasteiger partial charge in [0.05, 0.1) is 5.69 Å². The maximum Gasteiger partial charge on any atom is 0.128 e. The van der Waals surface area contributed by atoms with Crippen molar-refractivity contribution in [2.24, 2.45) is 0 Å². The quantitative estimate of drug-likeness (QED) is 0.897. The van der Waals surface area contributed by atoms with Crippen LogP contribution in [0, 0.1) is 6.92 Å². The second-order valence-corrected chi connectivity index (χ2v) is 6.18. The first kappa shape index (κ1) is 14.8. The largest absolute Gasteiger partial charge is 0.355 e. The van der Waals surface area contributed by atoms with Gasteiger partial charge in [-0.1, -0.05) is 13.3 Å². The summed E-state index contributed by atoms with van der Waals surface area (Å²) in [5.74, 6) is 1.11. The highest BCUT2D eigenvalue weighted by Gasteiger charge is 2.17. The summed E-state index contributed by atoms with van der Waals surface area (Å²) in [6.45, 7) is 7.59. The topological polar surface area (TPSA) is 28.2 Å². The monoisotopic (exact) mass is 325 g/mol. The standard InChI is InChI=1S/C15H24BrN3/c1-3-10-19(11-13-6-4-5-9-17-13)15-8-7-14(16)12(2)18-15/h7-8,13,17H,3-6,9-11H2,1-2H3. The molecule has 2 rings (SSSR count). The maximum atomic E-state index is 4.71. The van der Waals surface area contributed by atoms with E-state index in [-0.39, 0.29) is 0 Å². The van der Waals surface area contributed by atoms with Crippen LogP contribution in [0.25, 0.3) is 0 Å². The molecular weight excluding hydrogens is 302 g/mol. The molecule has 1 aliphatic heterocycles. The fourth-order valence-corrected chi connectivity index (χ4v) is 2.84.